The number of ether oxygens (including phenoxy) is 1. The van der Waals surface area contributed by atoms with E-state index in [0.29, 0.717) is 24.2 Å². The molecule has 0 unspecified atom stereocenters. The van der Waals surface area contributed by atoms with Gasteiger partial charge in [0.15, 0.2) is 12.0 Å². The van der Waals surface area contributed by atoms with E-state index in [4.69, 9.17) is 4.74 Å². The van der Waals surface area contributed by atoms with E-state index in [1.165, 1.54) is 5.56 Å². The summed E-state index contributed by atoms with van der Waals surface area (Å²) in [5.74, 6) is 0.757. The zero-order valence-corrected chi connectivity index (χ0v) is 12.4. The van der Waals surface area contributed by atoms with Crippen LogP contribution in [0.5, 0.6) is 5.75 Å². The molecule has 21 heavy (non-hydrogen) atoms. The lowest BCUT2D eigenvalue weighted by Crippen LogP contribution is -2.10. The predicted octanol–water partition coefficient (Wildman–Crippen LogP) is 2.81. The zero-order valence-electron chi connectivity index (χ0n) is 12.4. The molecule has 2 aromatic rings. The Morgan fingerprint density at radius 2 is 2.10 bits per heavy atom. The van der Waals surface area contributed by atoms with Gasteiger partial charge in [-0.05, 0) is 31.0 Å². The van der Waals surface area contributed by atoms with Crippen molar-refractivity contribution in [2.24, 2.45) is 0 Å². The highest BCUT2D eigenvalue weighted by atomic mass is 16.5. The van der Waals surface area contributed by atoms with Crippen molar-refractivity contribution in [1.29, 1.82) is 0 Å². The predicted molar refractivity (Wildman–Crippen MR) is 80.4 cm³/mol. The fourth-order valence-corrected chi connectivity index (χ4v) is 1.94. The molecule has 0 saturated carbocycles. The van der Waals surface area contributed by atoms with Gasteiger partial charge >= 0.3 is 0 Å². The van der Waals surface area contributed by atoms with E-state index in [0.717, 1.165) is 17.7 Å². The molecule has 0 aliphatic rings. The summed E-state index contributed by atoms with van der Waals surface area (Å²) in [6.45, 7) is 8.62. The van der Waals surface area contributed by atoms with Gasteiger partial charge in [-0.2, -0.15) is 0 Å². The fourth-order valence-electron chi connectivity index (χ4n) is 1.94. The van der Waals surface area contributed by atoms with Gasteiger partial charge in [0.1, 0.15) is 18.1 Å². The lowest BCUT2D eigenvalue weighted by Gasteiger charge is -2.09. The molecule has 0 radical (unpaired) electrons. The Balaban J connectivity index is 2.12. The Labute approximate surface area is 124 Å². The molecular formula is C16H19N3O2. The number of carbonyl (C=O) groups is 1. The van der Waals surface area contributed by atoms with Gasteiger partial charge in [-0.3, -0.25) is 4.79 Å². The number of nitrogens with zero attached hydrogens (tertiary/aromatic N) is 3. The number of aryl methyl sites for hydroxylation is 1. The Morgan fingerprint density at radius 3 is 2.67 bits per heavy atom. The van der Waals surface area contributed by atoms with Crippen LogP contribution in [0.1, 0.15) is 35.6 Å². The first-order valence-corrected chi connectivity index (χ1v) is 6.87. The number of benzene rings is 1. The molecule has 110 valence electrons. The van der Waals surface area contributed by atoms with E-state index in [-0.39, 0.29) is 6.61 Å². The molecule has 0 spiro atoms. The molecule has 0 bridgehead atoms. The van der Waals surface area contributed by atoms with Gasteiger partial charge in [-0.25, -0.2) is 4.68 Å². The molecule has 0 saturated heterocycles. The molecule has 0 N–H and O–H groups in total. The minimum absolute atomic E-state index is 0.250. The molecule has 2 rings (SSSR count). The minimum Gasteiger partial charge on any atom is -0.487 e. The van der Waals surface area contributed by atoms with E-state index in [2.05, 4.69) is 23.8 Å². The molecule has 0 aliphatic carbocycles. The summed E-state index contributed by atoms with van der Waals surface area (Å²) in [6.07, 6.45) is 1.69. The quantitative estimate of drug-likeness (QED) is 0.580. The standard InChI is InChI=1S/C16H19N3O2/c1-4-13-5-7-14(8-6-13)21-11-16-15(10-20)17-18-19(16)9-12(2)3/h5-8,10H,2,4,9,11H2,1,3H3. The van der Waals surface area contributed by atoms with Crippen LogP contribution < -0.4 is 4.74 Å². The SMILES string of the molecule is C=C(C)Cn1nnc(C=O)c1COc1ccc(CC)cc1. The van der Waals surface area contributed by atoms with Crippen LogP contribution in [0.25, 0.3) is 0 Å². The lowest BCUT2D eigenvalue weighted by molar-refractivity contribution is 0.111. The third-order valence-electron chi connectivity index (χ3n) is 3.11. The second kappa shape index (κ2) is 6.83. The molecule has 0 atom stereocenters. The van der Waals surface area contributed by atoms with Crippen molar-refractivity contribution in [3.05, 3.63) is 53.4 Å². The summed E-state index contributed by atoms with van der Waals surface area (Å²) >= 11 is 0. The van der Waals surface area contributed by atoms with Crippen LogP contribution in [-0.4, -0.2) is 21.3 Å². The first kappa shape index (κ1) is 15.0. The average Bonchev–Trinajstić information content (AvgIpc) is 2.86. The summed E-state index contributed by atoms with van der Waals surface area (Å²) in [4.78, 5) is 11.0. The molecule has 1 heterocycles. The van der Waals surface area contributed by atoms with E-state index < -0.39 is 0 Å². The maximum Gasteiger partial charge on any atom is 0.172 e. The molecule has 1 aromatic heterocycles. The Bertz CT molecular complexity index is 629. The van der Waals surface area contributed by atoms with E-state index >= 15 is 0 Å². The Kier molecular flexibility index (Phi) is 4.87. The topological polar surface area (TPSA) is 57.0 Å². The van der Waals surface area contributed by atoms with E-state index in [9.17, 15) is 4.79 Å². The van der Waals surface area contributed by atoms with Crippen LogP contribution in [0.15, 0.2) is 36.4 Å². The lowest BCUT2D eigenvalue weighted by atomic mass is 10.2. The summed E-state index contributed by atoms with van der Waals surface area (Å²) in [5, 5.41) is 7.81. The first-order valence-electron chi connectivity index (χ1n) is 6.87. The van der Waals surface area contributed by atoms with Gasteiger partial charge in [0.05, 0.1) is 6.54 Å². The van der Waals surface area contributed by atoms with Crippen molar-refractivity contribution < 1.29 is 9.53 Å². The highest BCUT2D eigenvalue weighted by Crippen LogP contribution is 2.15. The summed E-state index contributed by atoms with van der Waals surface area (Å²) < 4.78 is 7.37. The molecule has 0 aliphatic heterocycles. The van der Waals surface area contributed by atoms with Gasteiger partial charge in [0.25, 0.3) is 0 Å². The second-order valence-corrected chi connectivity index (χ2v) is 4.94. The molecule has 5 nitrogen and oxygen atoms in total. The largest absolute Gasteiger partial charge is 0.487 e. The van der Waals surface area contributed by atoms with Crippen molar-refractivity contribution in [2.75, 3.05) is 0 Å². The van der Waals surface area contributed by atoms with Crippen LogP contribution in [0.2, 0.25) is 0 Å². The van der Waals surface area contributed by atoms with Crippen LogP contribution in [-0.2, 0) is 19.6 Å². The van der Waals surface area contributed by atoms with Crippen LogP contribution in [0, 0.1) is 0 Å². The number of aromatic nitrogens is 3. The second-order valence-electron chi connectivity index (χ2n) is 4.94. The number of hydrogen-bond acceptors (Lipinski definition) is 4. The van der Waals surface area contributed by atoms with Crippen LogP contribution >= 0.6 is 0 Å². The minimum atomic E-state index is 0.250. The number of carbonyl (C=O) groups excluding carboxylic acids is 1. The maximum atomic E-state index is 11.0. The normalized spacial score (nSPS) is 10.4. The van der Waals surface area contributed by atoms with Gasteiger partial charge in [-0.15, -0.1) is 5.10 Å². The monoisotopic (exact) mass is 285 g/mol. The fraction of sp³-hybridized carbons (Fsp3) is 0.312. The van der Waals surface area contributed by atoms with Crippen LogP contribution in [0.3, 0.4) is 0 Å². The molecule has 1 aromatic carbocycles. The van der Waals surface area contributed by atoms with Gasteiger partial charge in [-0.1, -0.05) is 36.4 Å². The molecule has 5 heteroatoms. The first-order chi connectivity index (χ1) is 10.1. The third kappa shape index (κ3) is 3.78. The van der Waals surface area contributed by atoms with Gasteiger partial charge < -0.3 is 4.74 Å². The smallest absolute Gasteiger partial charge is 0.172 e. The Morgan fingerprint density at radius 1 is 1.38 bits per heavy atom. The third-order valence-corrected chi connectivity index (χ3v) is 3.11. The number of allylic oxidation sites excluding steroid dienone is 1. The molecule has 0 fully saturated rings. The van der Waals surface area contributed by atoms with E-state index in [1.807, 2.05) is 31.2 Å². The zero-order chi connectivity index (χ0) is 15.2. The van der Waals surface area contributed by atoms with Crippen LogP contribution in [0.4, 0.5) is 0 Å². The average molecular weight is 285 g/mol. The Hall–Kier alpha value is -2.43. The van der Waals surface area contributed by atoms with Crippen molar-refractivity contribution >= 4 is 6.29 Å². The van der Waals surface area contributed by atoms with E-state index in [1.54, 1.807) is 4.68 Å². The summed E-state index contributed by atoms with van der Waals surface area (Å²) in [6, 6.07) is 7.90. The highest BCUT2D eigenvalue weighted by molar-refractivity contribution is 5.73. The highest BCUT2D eigenvalue weighted by Gasteiger charge is 2.13. The number of hydrogen-bond donors (Lipinski definition) is 0. The van der Waals surface area contributed by atoms with Crippen molar-refractivity contribution in [3.63, 3.8) is 0 Å². The molecule has 0 amide bonds. The van der Waals surface area contributed by atoms with Crippen molar-refractivity contribution in [3.8, 4) is 5.75 Å². The van der Waals surface area contributed by atoms with Gasteiger partial charge in [0.2, 0.25) is 0 Å². The number of rotatable bonds is 7. The number of aldehydes is 1. The van der Waals surface area contributed by atoms with Crippen molar-refractivity contribution in [1.82, 2.24) is 15.0 Å². The summed E-state index contributed by atoms with van der Waals surface area (Å²) in [7, 11) is 0. The summed E-state index contributed by atoms with van der Waals surface area (Å²) in [5.41, 5.74) is 3.16. The molecular weight excluding hydrogens is 266 g/mol. The van der Waals surface area contributed by atoms with Gasteiger partial charge in [0, 0.05) is 0 Å². The van der Waals surface area contributed by atoms with Crippen molar-refractivity contribution in [2.45, 2.75) is 33.4 Å². The maximum absolute atomic E-state index is 11.0.